The second-order valence-electron chi connectivity index (χ2n) is 6.77. The molecule has 5 heteroatoms. The molecular weight excluding hydrogens is 267 g/mol. The van der Waals surface area contributed by atoms with Crippen LogP contribution in [0, 0.1) is 18.2 Å². The molecule has 0 bridgehead atoms. The average Bonchev–Trinajstić information content (AvgIpc) is 2.81. The van der Waals surface area contributed by atoms with Gasteiger partial charge in [-0.3, -0.25) is 0 Å². The van der Waals surface area contributed by atoms with Gasteiger partial charge >= 0.3 is 0 Å². The van der Waals surface area contributed by atoms with Crippen LogP contribution in [0.5, 0.6) is 0 Å². The van der Waals surface area contributed by atoms with Crippen LogP contribution in [-0.4, -0.2) is 21.3 Å². The summed E-state index contributed by atoms with van der Waals surface area (Å²) in [6.07, 6.45) is 0. The molecule has 1 aliphatic rings. The number of rotatable bonds is 1. The molecule has 1 aliphatic heterocycles. The summed E-state index contributed by atoms with van der Waals surface area (Å²) in [5, 5.41) is 12.1. The first-order valence-electron chi connectivity index (χ1n) is 7.31. The Kier molecular flexibility index (Phi) is 3.32. The minimum absolute atomic E-state index is 0.0360. The molecule has 0 aliphatic carbocycles. The largest absolute Gasteiger partial charge is 0.308 e. The molecule has 112 valence electrons. The van der Waals surface area contributed by atoms with Crippen molar-refractivity contribution in [1.29, 1.82) is 0 Å². The molecule has 0 amide bonds. The van der Waals surface area contributed by atoms with Gasteiger partial charge in [0.15, 0.2) is 11.6 Å². The van der Waals surface area contributed by atoms with Crippen molar-refractivity contribution in [2.24, 2.45) is 5.41 Å². The minimum atomic E-state index is -0.240. The molecule has 2 aromatic rings. The van der Waals surface area contributed by atoms with Gasteiger partial charge in [-0.15, -0.1) is 10.2 Å². The van der Waals surface area contributed by atoms with Crippen LogP contribution in [0.3, 0.4) is 0 Å². The van der Waals surface area contributed by atoms with E-state index in [1.165, 1.54) is 0 Å². The van der Waals surface area contributed by atoms with Crippen molar-refractivity contribution in [3.63, 3.8) is 0 Å². The van der Waals surface area contributed by atoms with E-state index in [4.69, 9.17) is 0 Å². The molecular formula is C16H21FN4. The number of nitrogens with one attached hydrogen (secondary N) is 1. The predicted molar refractivity (Wildman–Crippen MR) is 80.4 cm³/mol. The van der Waals surface area contributed by atoms with Gasteiger partial charge < -0.3 is 9.88 Å². The second-order valence-corrected chi connectivity index (χ2v) is 6.77. The molecule has 0 fully saturated rings. The third kappa shape index (κ3) is 2.46. The molecule has 1 aromatic heterocycles. The fourth-order valence-corrected chi connectivity index (χ4v) is 2.86. The summed E-state index contributed by atoms with van der Waals surface area (Å²) in [5.74, 6) is 1.28. The zero-order valence-corrected chi connectivity index (χ0v) is 12.9. The number of benzene rings is 1. The molecule has 2 heterocycles. The van der Waals surface area contributed by atoms with Crippen molar-refractivity contribution in [2.45, 2.75) is 40.3 Å². The van der Waals surface area contributed by atoms with Crippen molar-refractivity contribution in [1.82, 2.24) is 20.1 Å². The van der Waals surface area contributed by atoms with Crippen LogP contribution >= 0.6 is 0 Å². The SMILES string of the molecule is Cc1ccc(-c2nnc3n2CCNC3C(C)(C)C)c(F)c1. The zero-order chi connectivity index (χ0) is 15.2. The van der Waals surface area contributed by atoms with Crippen molar-refractivity contribution >= 4 is 0 Å². The third-order valence-electron chi connectivity index (χ3n) is 3.95. The van der Waals surface area contributed by atoms with Crippen molar-refractivity contribution in [3.05, 3.63) is 35.4 Å². The molecule has 1 atom stereocenters. The predicted octanol–water partition coefficient (Wildman–Crippen LogP) is 3.08. The first kappa shape index (κ1) is 14.2. The molecule has 3 rings (SSSR count). The maximum Gasteiger partial charge on any atom is 0.167 e. The van der Waals surface area contributed by atoms with Gasteiger partial charge in [0.25, 0.3) is 0 Å². The molecule has 1 aromatic carbocycles. The summed E-state index contributed by atoms with van der Waals surface area (Å²) < 4.78 is 16.3. The van der Waals surface area contributed by atoms with Crippen molar-refractivity contribution < 1.29 is 4.39 Å². The van der Waals surface area contributed by atoms with Crippen LogP contribution in [-0.2, 0) is 6.54 Å². The van der Waals surface area contributed by atoms with Crippen LogP contribution in [0.4, 0.5) is 4.39 Å². The Hall–Kier alpha value is -1.75. The number of aryl methyl sites for hydroxylation is 1. The highest BCUT2D eigenvalue weighted by molar-refractivity contribution is 5.57. The quantitative estimate of drug-likeness (QED) is 0.877. The summed E-state index contributed by atoms with van der Waals surface area (Å²) in [5.41, 5.74) is 1.46. The van der Waals surface area contributed by atoms with Gasteiger partial charge in [-0.25, -0.2) is 4.39 Å². The Balaban J connectivity index is 2.09. The summed E-state index contributed by atoms with van der Waals surface area (Å²) >= 11 is 0. The van der Waals surface area contributed by atoms with E-state index in [0.29, 0.717) is 11.4 Å². The number of halogens is 1. The Morgan fingerprint density at radius 2 is 2.05 bits per heavy atom. The standard InChI is InChI=1S/C16H21FN4/c1-10-5-6-11(12(17)9-10)14-19-20-15-13(16(2,3)4)18-7-8-21(14)15/h5-6,9,13,18H,7-8H2,1-4H3. The fraction of sp³-hybridized carbons (Fsp3) is 0.500. The van der Waals surface area contributed by atoms with E-state index in [1.807, 2.05) is 17.6 Å². The summed E-state index contributed by atoms with van der Waals surface area (Å²) in [4.78, 5) is 0. The number of nitrogens with zero attached hydrogens (tertiary/aromatic N) is 3. The normalized spacial score (nSPS) is 18.6. The van der Waals surface area contributed by atoms with Crippen molar-refractivity contribution in [3.8, 4) is 11.4 Å². The van der Waals surface area contributed by atoms with E-state index in [-0.39, 0.29) is 17.3 Å². The fourth-order valence-electron chi connectivity index (χ4n) is 2.86. The summed E-state index contributed by atoms with van der Waals surface area (Å²) in [7, 11) is 0. The van der Waals surface area contributed by atoms with Crippen LogP contribution in [0.15, 0.2) is 18.2 Å². The van der Waals surface area contributed by atoms with E-state index in [0.717, 1.165) is 24.5 Å². The lowest BCUT2D eigenvalue weighted by molar-refractivity contribution is 0.234. The van der Waals surface area contributed by atoms with Crippen LogP contribution in [0.25, 0.3) is 11.4 Å². The topological polar surface area (TPSA) is 42.7 Å². The van der Waals surface area contributed by atoms with Gasteiger partial charge in [0.05, 0.1) is 11.6 Å². The number of fused-ring (bicyclic) bond motifs is 1. The Morgan fingerprint density at radius 3 is 2.71 bits per heavy atom. The van der Waals surface area contributed by atoms with Crippen LogP contribution in [0.1, 0.15) is 38.2 Å². The van der Waals surface area contributed by atoms with Gasteiger partial charge in [0, 0.05) is 13.1 Å². The smallest absolute Gasteiger partial charge is 0.167 e. The van der Waals surface area contributed by atoms with E-state index >= 15 is 0 Å². The van der Waals surface area contributed by atoms with Gasteiger partial charge in [-0.2, -0.15) is 0 Å². The molecule has 4 nitrogen and oxygen atoms in total. The number of aromatic nitrogens is 3. The molecule has 0 radical (unpaired) electrons. The highest BCUT2D eigenvalue weighted by Crippen LogP contribution is 2.35. The summed E-state index contributed by atoms with van der Waals surface area (Å²) in [6, 6.07) is 5.36. The number of hydrogen-bond donors (Lipinski definition) is 1. The highest BCUT2D eigenvalue weighted by Gasteiger charge is 2.34. The zero-order valence-electron chi connectivity index (χ0n) is 12.9. The lowest BCUT2D eigenvalue weighted by atomic mass is 9.85. The van der Waals surface area contributed by atoms with E-state index in [2.05, 4.69) is 36.3 Å². The monoisotopic (exact) mass is 288 g/mol. The van der Waals surface area contributed by atoms with E-state index in [1.54, 1.807) is 12.1 Å². The molecule has 0 saturated heterocycles. The van der Waals surface area contributed by atoms with Crippen molar-refractivity contribution in [2.75, 3.05) is 6.54 Å². The molecule has 21 heavy (non-hydrogen) atoms. The Bertz CT molecular complexity index is 669. The number of hydrogen-bond acceptors (Lipinski definition) is 3. The lowest BCUT2D eigenvalue weighted by Crippen LogP contribution is -2.40. The highest BCUT2D eigenvalue weighted by atomic mass is 19.1. The van der Waals surface area contributed by atoms with Crippen LogP contribution in [0.2, 0.25) is 0 Å². The van der Waals surface area contributed by atoms with Gasteiger partial charge in [0.2, 0.25) is 0 Å². The maximum atomic E-state index is 14.2. The molecule has 0 saturated carbocycles. The van der Waals surface area contributed by atoms with Gasteiger partial charge in [-0.05, 0) is 30.0 Å². The van der Waals surface area contributed by atoms with Crippen LogP contribution < -0.4 is 5.32 Å². The second kappa shape index (κ2) is 4.91. The Labute approximate surface area is 124 Å². The average molecular weight is 288 g/mol. The molecule has 0 spiro atoms. The first-order valence-corrected chi connectivity index (χ1v) is 7.31. The van der Waals surface area contributed by atoms with E-state index in [9.17, 15) is 4.39 Å². The Morgan fingerprint density at radius 1 is 1.29 bits per heavy atom. The van der Waals surface area contributed by atoms with Gasteiger partial charge in [-0.1, -0.05) is 26.8 Å². The molecule has 1 N–H and O–H groups in total. The molecule has 1 unspecified atom stereocenters. The maximum absolute atomic E-state index is 14.2. The minimum Gasteiger partial charge on any atom is -0.308 e. The van der Waals surface area contributed by atoms with E-state index < -0.39 is 0 Å². The first-order chi connectivity index (χ1) is 9.88. The lowest BCUT2D eigenvalue weighted by Gasteiger charge is -2.34. The third-order valence-corrected chi connectivity index (χ3v) is 3.95. The van der Waals surface area contributed by atoms with Gasteiger partial charge in [0.1, 0.15) is 5.82 Å². The summed E-state index contributed by atoms with van der Waals surface area (Å²) in [6.45, 7) is 9.99.